The summed E-state index contributed by atoms with van der Waals surface area (Å²) in [5.41, 5.74) is 4.33. The van der Waals surface area contributed by atoms with E-state index in [1.807, 2.05) is 6.08 Å². The monoisotopic (exact) mass is 188 g/mol. The van der Waals surface area contributed by atoms with Gasteiger partial charge in [-0.15, -0.1) is 0 Å². The third-order valence-electron chi connectivity index (χ3n) is 2.55. The van der Waals surface area contributed by atoms with Gasteiger partial charge in [0.1, 0.15) is 0 Å². The number of aryl methyl sites for hydroxylation is 1. The van der Waals surface area contributed by atoms with Gasteiger partial charge in [0, 0.05) is 0 Å². The fourth-order valence-corrected chi connectivity index (χ4v) is 1.90. The summed E-state index contributed by atoms with van der Waals surface area (Å²) in [5, 5.41) is 0. The fourth-order valence-electron chi connectivity index (χ4n) is 1.90. The van der Waals surface area contributed by atoms with Gasteiger partial charge >= 0.3 is 0 Å². The summed E-state index contributed by atoms with van der Waals surface area (Å²) in [6.07, 6.45) is 6.78. The second-order valence-electron chi connectivity index (χ2n) is 3.69. The molecule has 0 aliphatic heterocycles. The van der Waals surface area contributed by atoms with Gasteiger partial charge in [-0.2, -0.15) is 0 Å². The van der Waals surface area contributed by atoms with Crippen LogP contribution in [0.5, 0.6) is 0 Å². The molecular formula is C14H20. The van der Waals surface area contributed by atoms with E-state index in [4.69, 9.17) is 0 Å². The minimum atomic E-state index is 1.18. The van der Waals surface area contributed by atoms with Gasteiger partial charge in [-0.05, 0) is 29.5 Å². The molecule has 1 rings (SSSR count). The molecule has 0 bridgehead atoms. The SMILES string of the molecule is C=Cc1cccc(CCC)c1CCC. The minimum absolute atomic E-state index is 1.18. The first-order valence-corrected chi connectivity index (χ1v) is 5.56. The number of benzene rings is 1. The second-order valence-corrected chi connectivity index (χ2v) is 3.69. The molecule has 0 saturated heterocycles. The van der Waals surface area contributed by atoms with Gasteiger partial charge in [0.2, 0.25) is 0 Å². The molecule has 0 unspecified atom stereocenters. The van der Waals surface area contributed by atoms with Crippen molar-refractivity contribution in [1.82, 2.24) is 0 Å². The van der Waals surface area contributed by atoms with Crippen molar-refractivity contribution >= 4 is 6.08 Å². The number of hydrogen-bond donors (Lipinski definition) is 0. The van der Waals surface area contributed by atoms with Gasteiger partial charge in [0.05, 0.1) is 0 Å². The van der Waals surface area contributed by atoms with Gasteiger partial charge in [0.15, 0.2) is 0 Å². The van der Waals surface area contributed by atoms with E-state index in [1.54, 1.807) is 0 Å². The molecule has 0 aromatic heterocycles. The van der Waals surface area contributed by atoms with Gasteiger partial charge < -0.3 is 0 Å². The van der Waals surface area contributed by atoms with Crippen LogP contribution in [0.2, 0.25) is 0 Å². The van der Waals surface area contributed by atoms with Crippen molar-refractivity contribution in [1.29, 1.82) is 0 Å². The first-order chi connectivity index (χ1) is 6.83. The Labute approximate surface area is 87.7 Å². The zero-order valence-electron chi connectivity index (χ0n) is 9.34. The molecule has 0 heterocycles. The summed E-state index contributed by atoms with van der Waals surface area (Å²) in [6.45, 7) is 8.34. The van der Waals surface area contributed by atoms with Crippen LogP contribution >= 0.6 is 0 Å². The highest BCUT2D eigenvalue weighted by Gasteiger charge is 2.04. The Hall–Kier alpha value is -1.04. The molecule has 0 atom stereocenters. The van der Waals surface area contributed by atoms with Gasteiger partial charge in [-0.1, -0.05) is 57.5 Å². The highest BCUT2D eigenvalue weighted by atomic mass is 14.1. The van der Waals surface area contributed by atoms with Crippen LogP contribution in [0, 0.1) is 0 Å². The summed E-state index contributed by atoms with van der Waals surface area (Å²) in [4.78, 5) is 0. The predicted molar refractivity (Wildman–Crippen MR) is 64.5 cm³/mol. The Balaban J connectivity index is 3.06. The van der Waals surface area contributed by atoms with Crippen molar-refractivity contribution in [3.05, 3.63) is 41.5 Å². The van der Waals surface area contributed by atoms with Crippen molar-refractivity contribution < 1.29 is 0 Å². The van der Waals surface area contributed by atoms with Crippen LogP contribution in [0.1, 0.15) is 43.4 Å². The Morgan fingerprint density at radius 3 is 2.43 bits per heavy atom. The normalized spacial score (nSPS) is 10.1. The summed E-state index contributed by atoms with van der Waals surface area (Å²) in [7, 11) is 0. The van der Waals surface area contributed by atoms with Crippen molar-refractivity contribution in [2.45, 2.75) is 39.5 Å². The standard InChI is InChI=1S/C14H20/c1-4-8-13-11-7-10-12(6-3)14(13)9-5-2/h6-7,10-11H,3-5,8-9H2,1-2H3. The second kappa shape index (κ2) is 5.64. The largest absolute Gasteiger partial charge is 0.0985 e. The molecule has 0 aliphatic rings. The smallest absolute Gasteiger partial charge is 0.0228 e. The molecule has 0 fully saturated rings. The molecule has 0 amide bonds. The summed E-state index contributed by atoms with van der Waals surface area (Å²) < 4.78 is 0. The van der Waals surface area contributed by atoms with Crippen LogP contribution in [-0.2, 0) is 12.8 Å². The van der Waals surface area contributed by atoms with Crippen LogP contribution in [0.4, 0.5) is 0 Å². The van der Waals surface area contributed by atoms with Crippen molar-refractivity contribution in [2.75, 3.05) is 0 Å². The van der Waals surface area contributed by atoms with E-state index in [0.717, 1.165) is 0 Å². The zero-order chi connectivity index (χ0) is 10.4. The van der Waals surface area contributed by atoms with Crippen LogP contribution in [0.25, 0.3) is 6.08 Å². The molecular weight excluding hydrogens is 168 g/mol. The van der Waals surface area contributed by atoms with Crippen LogP contribution in [0.3, 0.4) is 0 Å². The maximum Gasteiger partial charge on any atom is -0.0228 e. The summed E-state index contributed by atoms with van der Waals surface area (Å²) in [5.74, 6) is 0. The first-order valence-electron chi connectivity index (χ1n) is 5.56. The molecule has 0 radical (unpaired) electrons. The third kappa shape index (κ3) is 2.47. The Bertz CT molecular complexity index is 297. The average molecular weight is 188 g/mol. The lowest BCUT2D eigenvalue weighted by Crippen LogP contribution is -1.96. The van der Waals surface area contributed by atoms with E-state index < -0.39 is 0 Å². The summed E-state index contributed by atoms with van der Waals surface area (Å²) >= 11 is 0. The Morgan fingerprint density at radius 2 is 1.86 bits per heavy atom. The first kappa shape index (κ1) is 11.0. The van der Waals surface area contributed by atoms with Crippen molar-refractivity contribution in [3.63, 3.8) is 0 Å². The zero-order valence-corrected chi connectivity index (χ0v) is 9.34. The summed E-state index contributed by atoms with van der Waals surface area (Å²) in [6, 6.07) is 6.56. The number of hydrogen-bond acceptors (Lipinski definition) is 0. The lowest BCUT2D eigenvalue weighted by molar-refractivity contribution is 0.859. The van der Waals surface area contributed by atoms with Gasteiger partial charge in [-0.3, -0.25) is 0 Å². The minimum Gasteiger partial charge on any atom is -0.0985 e. The fraction of sp³-hybridized carbons (Fsp3) is 0.429. The molecule has 1 aromatic rings. The van der Waals surface area contributed by atoms with Gasteiger partial charge in [0.25, 0.3) is 0 Å². The quantitative estimate of drug-likeness (QED) is 0.648. The molecule has 0 N–H and O–H groups in total. The van der Waals surface area contributed by atoms with E-state index in [1.165, 1.54) is 42.4 Å². The van der Waals surface area contributed by atoms with Gasteiger partial charge in [-0.25, -0.2) is 0 Å². The van der Waals surface area contributed by atoms with Crippen LogP contribution in [-0.4, -0.2) is 0 Å². The van der Waals surface area contributed by atoms with E-state index in [2.05, 4.69) is 38.6 Å². The van der Waals surface area contributed by atoms with Crippen molar-refractivity contribution in [3.8, 4) is 0 Å². The Morgan fingerprint density at radius 1 is 1.14 bits per heavy atom. The molecule has 0 spiro atoms. The molecule has 0 nitrogen and oxygen atoms in total. The lowest BCUT2D eigenvalue weighted by Gasteiger charge is -2.11. The lowest BCUT2D eigenvalue weighted by atomic mass is 9.94. The molecule has 76 valence electrons. The molecule has 1 aromatic carbocycles. The Kier molecular flexibility index (Phi) is 4.45. The predicted octanol–water partition coefficient (Wildman–Crippen LogP) is 4.23. The topological polar surface area (TPSA) is 0 Å². The molecule has 0 aliphatic carbocycles. The third-order valence-corrected chi connectivity index (χ3v) is 2.55. The maximum atomic E-state index is 3.88. The van der Waals surface area contributed by atoms with Crippen LogP contribution in [0.15, 0.2) is 24.8 Å². The van der Waals surface area contributed by atoms with E-state index >= 15 is 0 Å². The van der Waals surface area contributed by atoms with E-state index in [0.29, 0.717) is 0 Å². The molecule has 0 saturated carbocycles. The maximum absolute atomic E-state index is 3.88. The molecule has 0 heteroatoms. The number of rotatable bonds is 5. The van der Waals surface area contributed by atoms with E-state index in [9.17, 15) is 0 Å². The van der Waals surface area contributed by atoms with E-state index in [-0.39, 0.29) is 0 Å². The van der Waals surface area contributed by atoms with Crippen molar-refractivity contribution in [2.24, 2.45) is 0 Å². The molecule has 14 heavy (non-hydrogen) atoms. The highest BCUT2D eigenvalue weighted by Crippen LogP contribution is 2.19. The van der Waals surface area contributed by atoms with Crippen LogP contribution < -0.4 is 0 Å². The average Bonchev–Trinajstić information content (AvgIpc) is 2.21. The highest BCUT2D eigenvalue weighted by molar-refractivity contribution is 5.54.